The van der Waals surface area contributed by atoms with Gasteiger partial charge in [0.2, 0.25) is 10.0 Å². The van der Waals surface area contributed by atoms with E-state index in [2.05, 4.69) is 0 Å². The Balaban J connectivity index is 2.45. The SMILES string of the molecule is Cc1cc(C)c(S(=O)(=O)N2CCCC(N)C2)c(C)c1. The second-order valence-corrected chi connectivity index (χ2v) is 7.37. The molecule has 19 heavy (non-hydrogen) atoms. The molecule has 1 aliphatic rings. The fourth-order valence-corrected chi connectivity index (χ4v) is 4.84. The fraction of sp³-hybridized carbons (Fsp3) is 0.571. The van der Waals surface area contributed by atoms with Gasteiger partial charge in [-0.2, -0.15) is 4.31 Å². The molecule has 1 heterocycles. The Hall–Kier alpha value is -0.910. The minimum Gasteiger partial charge on any atom is -0.327 e. The standard InChI is InChI=1S/C14H22N2O2S/c1-10-7-11(2)14(12(3)8-10)19(17,18)16-6-4-5-13(15)9-16/h7-8,13H,4-6,9,15H2,1-3H3. The van der Waals surface area contributed by atoms with Crippen LogP contribution in [-0.2, 0) is 10.0 Å². The molecule has 2 N–H and O–H groups in total. The maximum absolute atomic E-state index is 12.8. The maximum Gasteiger partial charge on any atom is 0.243 e. The molecule has 0 aliphatic carbocycles. The van der Waals surface area contributed by atoms with Crippen molar-refractivity contribution in [3.05, 3.63) is 28.8 Å². The molecule has 1 aliphatic heterocycles. The lowest BCUT2D eigenvalue weighted by Crippen LogP contribution is -2.45. The molecule has 5 heteroatoms. The number of piperidine rings is 1. The minimum absolute atomic E-state index is 0.0467. The van der Waals surface area contributed by atoms with E-state index in [4.69, 9.17) is 5.73 Å². The monoisotopic (exact) mass is 282 g/mol. The number of benzene rings is 1. The highest BCUT2D eigenvalue weighted by atomic mass is 32.2. The van der Waals surface area contributed by atoms with Crippen molar-refractivity contribution >= 4 is 10.0 Å². The summed E-state index contributed by atoms with van der Waals surface area (Å²) in [6.45, 7) is 6.69. The molecule has 0 spiro atoms. The smallest absolute Gasteiger partial charge is 0.243 e. The third-order valence-electron chi connectivity index (χ3n) is 3.62. The predicted octanol–water partition coefficient (Wildman–Crippen LogP) is 1.72. The Morgan fingerprint density at radius 2 is 1.79 bits per heavy atom. The van der Waals surface area contributed by atoms with Gasteiger partial charge >= 0.3 is 0 Å². The Labute approximate surface area is 115 Å². The lowest BCUT2D eigenvalue weighted by atomic mass is 10.1. The highest BCUT2D eigenvalue weighted by Gasteiger charge is 2.31. The molecule has 1 fully saturated rings. The van der Waals surface area contributed by atoms with Crippen molar-refractivity contribution in [2.24, 2.45) is 5.73 Å². The van der Waals surface area contributed by atoms with Crippen LogP contribution in [0.4, 0.5) is 0 Å². The molecule has 0 bridgehead atoms. The zero-order valence-corrected chi connectivity index (χ0v) is 12.6. The second kappa shape index (κ2) is 5.23. The van der Waals surface area contributed by atoms with Gasteiger partial charge in [-0.25, -0.2) is 8.42 Å². The predicted molar refractivity (Wildman–Crippen MR) is 76.6 cm³/mol. The van der Waals surface area contributed by atoms with E-state index in [0.717, 1.165) is 29.5 Å². The largest absolute Gasteiger partial charge is 0.327 e. The van der Waals surface area contributed by atoms with Crippen LogP contribution in [0.15, 0.2) is 17.0 Å². The van der Waals surface area contributed by atoms with Gasteiger partial charge < -0.3 is 5.73 Å². The van der Waals surface area contributed by atoms with Crippen molar-refractivity contribution in [3.8, 4) is 0 Å². The van der Waals surface area contributed by atoms with Crippen LogP contribution < -0.4 is 5.73 Å². The molecule has 0 amide bonds. The molecule has 0 aromatic heterocycles. The van der Waals surface area contributed by atoms with Gasteiger partial charge in [0, 0.05) is 19.1 Å². The summed E-state index contributed by atoms with van der Waals surface area (Å²) < 4.78 is 27.0. The highest BCUT2D eigenvalue weighted by Crippen LogP contribution is 2.27. The van der Waals surface area contributed by atoms with Gasteiger partial charge in [0.25, 0.3) is 0 Å². The van der Waals surface area contributed by atoms with Crippen molar-refractivity contribution in [1.29, 1.82) is 0 Å². The van der Waals surface area contributed by atoms with E-state index in [1.165, 1.54) is 4.31 Å². The third-order valence-corrected chi connectivity index (χ3v) is 5.79. The van der Waals surface area contributed by atoms with Gasteiger partial charge in [0.15, 0.2) is 0 Å². The molecule has 1 atom stereocenters. The number of rotatable bonds is 2. The van der Waals surface area contributed by atoms with Crippen LogP contribution in [-0.4, -0.2) is 31.9 Å². The summed E-state index contributed by atoms with van der Waals surface area (Å²) in [7, 11) is -3.42. The zero-order chi connectivity index (χ0) is 14.2. The first-order valence-electron chi connectivity index (χ1n) is 6.66. The third kappa shape index (κ3) is 2.83. The van der Waals surface area contributed by atoms with Crippen LogP contribution in [0, 0.1) is 20.8 Å². The summed E-state index contributed by atoms with van der Waals surface area (Å²) in [5.74, 6) is 0. The van der Waals surface area contributed by atoms with Crippen LogP contribution >= 0.6 is 0 Å². The maximum atomic E-state index is 12.8. The molecule has 106 valence electrons. The molecular formula is C14H22N2O2S. The Bertz CT molecular complexity index is 558. The topological polar surface area (TPSA) is 63.4 Å². The van der Waals surface area contributed by atoms with Gasteiger partial charge in [-0.15, -0.1) is 0 Å². The average Bonchev–Trinajstić information content (AvgIpc) is 2.26. The van der Waals surface area contributed by atoms with Crippen molar-refractivity contribution in [2.45, 2.75) is 44.6 Å². The lowest BCUT2D eigenvalue weighted by Gasteiger charge is -2.30. The second-order valence-electron chi connectivity index (χ2n) is 5.49. The molecular weight excluding hydrogens is 260 g/mol. The molecule has 1 unspecified atom stereocenters. The molecule has 0 radical (unpaired) electrons. The normalized spacial score (nSPS) is 21.6. The van der Waals surface area contributed by atoms with Gasteiger partial charge in [-0.1, -0.05) is 17.7 Å². The van der Waals surface area contributed by atoms with E-state index in [1.54, 1.807) is 0 Å². The van der Waals surface area contributed by atoms with Gasteiger partial charge in [0.05, 0.1) is 4.90 Å². The molecule has 1 aromatic carbocycles. The van der Waals surface area contributed by atoms with Crippen molar-refractivity contribution in [2.75, 3.05) is 13.1 Å². The average molecular weight is 282 g/mol. The number of nitrogens with zero attached hydrogens (tertiary/aromatic N) is 1. The van der Waals surface area contributed by atoms with E-state index in [9.17, 15) is 8.42 Å². The van der Waals surface area contributed by atoms with Crippen LogP contribution in [0.5, 0.6) is 0 Å². The number of hydrogen-bond acceptors (Lipinski definition) is 3. The number of hydrogen-bond donors (Lipinski definition) is 1. The number of sulfonamides is 1. The van der Waals surface area contributed by atoms with Crippen molar-refractivity contribution < 1.29 is 8.42 Å². The summed E-state index contributed by atoms with van der Waals surface area (Å²) in [5.41, 5.74) is 8.61. The number of aryl methyl sites for hydroxylation is 3. The first kappa shape index (κ1) is 14.5. The summed E-state index contributed by atoms with van der Waals surface area (Å²) in [5, 5.41) is 0. The van der Waals surface area contributed by atoms with Crippen LogP contribution in [0.2, 0.25) is 0 Å². The minimum atomic E-state index is -3.42. The van der Waals surface area contributed by atoms with E-state index in [-0.39, 0.29) is 6.04 Å². The Morgan fingerprint density at radius 3 is 2.32 bits per heavy atom. The molecule has 4 nitrogen and oxygen atoms in total. The van der Waals surface area contributed by atoms with Gasteiger partial charge in [-0.3, -0.25) is 0 Å². The molecule has 0 saturated carbocycles. The number of nitrogens with two attached hydrogens (primary N) is 1. The van der Waals surface area contributed by atoms with E-state index in [1.807, 2.05) is 32.9 Å². The summed E-state index contributed by atoms with van der Waals surface area (Å²) in [4.78, 5) is 0.451. The Morgan fingerprint density at radius 1 is 1.21 bits per heavy atom. The van der Waals surface area contributed by atoms with Crippen LogP contribution in [0.3, 0.4) is 0 Å². The van der Waals surface area contributed by atoms with Gasteiger partial charge in [0.1, 0.15) is 0 Å². The van der Waals surface area contributed by atoms with Crippen LogP contribution in [0.1, 0.15) is 29.5 Å². The molecule has 2 rings (SSSR count). The zero-order valence-electron chi connectivity index (χ0n) is 11.8. The van der Waals surface area contributed by atoms with Crippen molar-refractivity contribution in [1.82, 2.24) is 4.31 Å². The quantitative estimate of drug-likeness (QED) is 0.898. The first-order valence-corrected chi connectivity index (χ1v) is 8.10. The molecule has 1 saturated heterocycles. The summed E-state index contributed by atoms with van der Waals surface area (Å²) >= 11 is 0. The van der Waals surface area contributed by atoms with E-state index >= 15 is 0 Å². The lowest BCUT2D eigenvalue weighted by molar-refractivity contribution is 0.316. The van der Waals surface area contributed by atoms with E-state index in [0.29, 0.717) is 18.0 Å². The van der Waals surface area contributed by atoms with E-state index < -0.39 is 10.0 Å². The highest BCUT2D eigenvalue weighted by molar-refractivity contribution is 7.89. The molecule has 1 aromatic rings. The Kier molecular flexibility index (Phi) is 3.99. The first-order chi connectivity index (χ1) is 8.82. The van der Waals surface area contributed by atoms with Crippen molar-refractivity contribution in [3.63, 3.8) is 0 Å². The van der Waals surface area contributed by atoms with Gasteiger partial charge in [-0.05, 0) is 44.7 Å². The van der Waals surface area contributed by atoms with Crippen LogP contribution in [0.25, 0.3) is 0 Å². The fourth-order valence-electron chi connectivity index (χ4n) is 2.90. The summed E-state index contributed by atoms with van der Waals surface area (Å²) in [6.07, 6.45) is 1.74. The summed E-state index contributed by atoms with van der Waals surface area (Å²) in [6, 6.07) is 3.79.